The third-order valence-corrected chi connectivity index (χ3v) is 3.08. The smallest absolute Gasteiger partial charge is 0.398 e. The summed E-state index contributed by atoms with van der Waals surface area (Å²) in [6, 6.07) is 4.15. The molecule has 0 amide bonds. The number of hydrogen-bond donors (Lipinski definition) is 1. The van der Waals surface area contributed by atoms with Gasteiger partial charge in [-0.05, 0) is 27.6 Å². The summed E-state index contributed by atoms with van der Waals surface area (Å²) < 4.78 is 77.5. The van der Waals surface area contributed by atoms with Gasteiger partial charge < -0.3 is 10.5 Å². The fourth-order valence-electron chi connectivity index (χ4n) is 1.26. The second-order valence-electron chi connectivity index (χ2n) is 3.59. The SMILES string of the molecule is Nc1cccc(COC(C(F)(F)F)C(F)(F)F)c1Br. The van der Waals surface area contributed by atoms with Gasteiger partial charge in [0.15, 0.2) is 0 Å². The third-order valence-electron chi connectivity index (χ3n) is 2.11. The number of ether oxygens (including phenoxy) is 1. The maximum absolute atomic E-state index is 12.2. The molecule has 0 aliphatic rings. The largest absolute Gasteiger partial charge is 0.423 e. The molecule has 0 fully saturated rings. The van der Waals surface area contributed by atoms with Crippen molar-refractivity contribution in [1.29, 1.82) is 0 Å². The highest BCUT2D eigenvalue weighted by Crippen LogP contribution is 2.36. The first-order valence-electron chi connectivity index (χ1n) is 4.81. The van der Waals surface area contributed by atoms with Crippen LogP contribution >= 0.6 is 15.9 Å². The highest BCUT2D eigenvalue weighted by molar-refractivity contribution is 9.10. The molecule has 0 saturated heterocycles. The Bertz CT molecular complexity index is 431. The third kappa shape index (κ3) is 4.27. The van der Waals surface area contributed by atoms with Gasteiger partial charge in [0.2, 0.25) is 6.10 Å². The number of rotatable bonds is 3. The molecule has 0 atom stereocenters. The summed E-state index contributed by atoms with van der Waals surface area (Å²) in [6.07, 6.45) is -14.9. The van der Waals surface area contributed by atoms with Crippen LogP contribution in [0.4, 0.5) is 32.0 Å². The molecule has 9 heteroatoms. The summed E-state index contributed by atoms with van der Waals surface area (Å²) in [4.78, 5) is 0. The second kappa shape index (κ2) is 5.58. The van der Waals surface area contributed by atoms with E-state index in [0.29, 0.717) is 0 Å². The van der Waals surface area contributed by atoms with Gasteiger partial charge in [-0.2, -0.15) is 26.3 Å². The molecule has 0 radical (unpaired) electrons. The molecule has 0 heterocycles. The van der Waals surface area contributed by atoms with Gasteiger partial charge in [-0.15, -0.1) is 0 Å². The molecule has 0 aliphatic heterocycles. The van der Waals surface area contributed by atoms with Gasteiger partial charge in [0, 0.05) is 10.2 Å². The van der Waals surface area contributed by atoms with Crippen LogP contribution in [0.1, 0.15) is 5.56 Å². The molecular weight excluding hydrogens is 344 g/mol. The fraction of sp³-hybridized carbons (Fsp3) is 0.400. The number of halogens is 7. The lowest BCUT2D eigenvalue weighted by molar-refractivity contribution is -0.324. The van der Waals surface area contributed by atoms with E-state index in [1.165, 1.54) is 18.2 Å². The molecule has 2 N–H and O–H groups in total. The molecule has 19 heavy (non-hydrogen) atoms. The maximum atomic E-state index is 12.2. The monoisotopic (exact) mass is 351 g/mol. The summed E-state index contributed by atoms with van der Waals surface area (Å²) in [7, 11) is 0. The predicted octanol–water partition coefficient (Wildman–Crippen LogP) is 4.04. The van der Waals surface area contributed by atoms with Crippen LogP contribution in [-0.4, -0.2) is 18.5 Å². The zero-order valence-electron chi connectivity index (χ0n) is 9.15. The maximum Gasteiger partial charge on any atom is 0.423 e. The Morgan fingerprint density at radius 1 is 1.11 bits per heavy atom. The first-order valence-corrected chi connectivity index (χ1v) is 5.60. The molecule has 1 rings (SSSR count). The van der Waals surface area contributed by atoms with E-state index < -0.39 is 25.1 Å². The minimum atomic E-state index is -5.52. The Hall–Kier alpha value is -0.960. The van der Waals surface area contributed by atoms with Crippen LogP contribution in [0.2, 0.25) is 0 Å². The fourth-order valence-corrected chi connectivity index (χ4v) is 1.64. The lowest BCUT2D eigenvalue weighted by atomic mass is 10.2. The van der Waals surface area contributed by atoms with Crippen molar-refractivity contribution in [2.45, 2.75) is 25.1 Å². The average Bonchev–Trinajstić information content (AvgIpc) is 2.20. The van der Waals surface area contributed by atoms with Gasteiger partial charge >= 0.3 is 12.4 Å². The topological polar surface area (TPSA) is 35.2 Å². The Morgan fingerprint density at radius 3 is 2.11 bits per heavy atom. The van der Waals surface area contributed by atoms with Crippen LogP contribution in [0, 0.1) is 0 Å². The first kappa shape index (κ1) is 16.1. The number of anilines is 1. The van der Waals surface area contributed by atoms with E-state index in [9.17, 15) is 26.3 Å². The van der Waals surface area contributed by atoms with Crippen molar-refractivity contribution in [2.24, 2.45) is 0 Å². The van der Waals surface area contributed by atoms with Crippen molar-refractivity contribution in [1.82, 2.24) is 0 Å². The van der Waals surface area contributed by atoms with Crippen molar-refractivity contribution in [3.05, 3.63) is 28.2 Å². The molecule has 0 saturated carbocycles. The van der Waals surface area contributed by atoms with E-state index in [2.05, 4.69) is 20.7 Å². The van der Waals surface area contributed by atoms with Gasteiger partial charge in [-0.1, -0.05) is 12.1 Å². The molecule has 0 bridgehead atoms. The number of nitrogens with two attached hydrogens (primary N) is 1. The summed E-state index contributed by atoms with van der Waals surface area (Å²) in [6.45, 7) is -0.866. The highest BCUT2D eigenvalue weighted by atomic mass is 79.9. The summed E-state index contributed by atoms with van der Waals surface area (Å²) in [5.41, 5.74) is 5.74. The van der Waals surface area contributed by atoms with Crippen LogP contribution in [0.5, 0.6) is 0 Å². The molecule has 2 nitrogen and oxygen atoms in total. The minimum Gasteiger partial charge on any atom is -0.398 e. The standard InChI is InChI=1S/C10H8BrF6NO/c11-7-5(2-1-3-6(7)18)4-19-8(9(12,13)14)10(15,16)17/h1-3,8H,4,18H2. The lowest BCUT2D eigenvalue weighted by Gasteiger charge is -2.23. The predicted molar refractivity (Wildman–Crippen MR) is 59.2 cm³/mol. The van der Waals surface area contributed by atoms with Crippen LogP contribution in [0.3, 0.4) is 0 Å². The molecule has 1 aromatic carbocycles. The van der Waals surface area contributed by atoms with Crippen molar-refractivity contribution in [3.8, 4) is 0 Å². The van der Waals surface area contributed by atoms with E-state index in [4.69, 9.17) is 5.73 Å². The van der Waals surface area contributed by atoms with Gasteiger partial charge in [-0.25, -0.2) is 0 Å². The molecule has 0 unspecified atom stereocenters. The number of hydrogen-bond acceptors (Lipinski definition) is 2. The van der Waals surface area contributed by atoms with Gasteiger partial charge in [-0.3, -0.25) is 0 Å². The van der Waals surface area contributed by atoms with Crippen molar-refractivity contribution in [3.63, 3.8) is 0 Å². The normalized spacial score (nSPS) is 13.1. The Kier molecular flexibility index (Phi) is 4.72. The molecular formula is C10H8BrF6NO. The van der Waals surface area contributed by atoms with Crippen LogP contribution in [0.25, 0.3) is 0 Å². The molecule has 0 aliphatic carbocycles. The first-order chi connectivity index (χ1) is 8.53. The molecule has 0 aromatic heterocycles. The lowest BCUT2D eigenvalue weighted by Crippen LogP contribution is -2.44. The Labute approximate surface area is 112 Å². The molecule has 1 aromatic rings. The van der Waals surface area contributed by atoms with Crippen LogP contribution in [-0.2, 0) is 11.3 Å². The number of benzene rings is 1. The summed E-state index contributed by atoms with van der Waals surface area (Å²) in [5.74, 6) is 0. The van der Waals surface area contributed by atoms with E-state index in [0.717, 1.165) is 0 Å². The number of alkyl halides is 6. The van der Waals surface area contributed by atoms with Crippen molar-refractivity contribution < 1.29 is 31.1 Å². The van der Waals surface area contributed by atoms with Crippen molar-refractivity contribution in [2.75, 3.05) is 5.73 Å². The zero-order valence-corrected chi connectivity index (χ0v) is 10.7. The van der Waals surface area contributed by atoms with Crippen LogP contribution in [0.15, 0.2) is 22.7 Å². The van der Waals surface area contributed by atoms with Gasteiger partial charge in [0.05, 0.1) is 6.61 Å². The zero-order chi connectivity index (χ0) is 14.8. The minimum absolute atomic E-state index is 0.0958. The van der Waals surface area contributed by atoms with Crippen molar-refractivity contribution >= 4 is 21.6 Å². The quantitative estimate of drug-likeness (QED) is 0.658. The Balaban J connectivity index is 2.86. The van der Waals surface area contributed by atoms with Gasteiger partial charge in [0.25, 0.3) is 0 Å². The average molecular weight is 352 g/mol. The molecule has 108 valence electrons. The van der Waals surface area contributed by atoms with E-state index in [1.54, 1.807) is 0 Å². The Morgan fingerprint density at radius 2 is 1.63 bits per heavy atom. The second-order valence-corrected chi connectivity index (χ2v) is 4.39. The number of nitrogen functional groups attached to an aromatic ring is 1. The highest BCUT2D eigenvalue weighted by Gasteiger charge is 2.57. The van der Waals surface area contributed by atoms with E-state index in [1.807, 2.05) is 0 Å². The van der Waals surface area contributed by atoms with E-state index in [-0.39, 0.29) is 15.7 Å². The van der Waals surface area contributed by atoms with Crippen LogP contribution < -0.4 is 5.73 Å². The molecule has 0 spiro atoms. The summed E-state index contributed by atoms with van der Waals surface area (Å²) in [5, 5.41) is 0. The van der Waals surface area contributed by atoms with Gasteiger partial charge in [0.1, 0.15) is 0 Å². The summed E-state index contributed by atoms with van der Waals surface area (Å²) >= 11 is 2.96. The van der Waals surface area contributed by atoms with E-state index >= 15 is 0 Å².